The van der Waals surface area contributed by atoms with Crippen molar-refractivity contribution in [3.8, 4) is 5.82 Å². The van der Waals surface area contributed by atoms with Gasteiger partial charge in [0, 0.05) is 18.2 Å². The van der Waals surface area contributed by atoms with Crippen molar-refractivity contribution in [3.05, 3.63) is 52.1 Å². The molecule has 0 saturated carbocycles. The molecular weight excluding hydrogens is 246 g/mol. The lowest BCUT2D eigenvalue weighted by atomic mass is 10.2. The minimum absolute atomic E-state index is 0.0214. The van der Waals surface area contributed by atoms with Crippen molar-refractivity contribution in [2.45, 2.75) is 19.8 Å². The van der Waals surface area contributed by atoms with Gasteiger partial charge in [0.15, 0.2) is 5.82 Å². The third-order valence-corrected chi connectivity index (χ3v) is 2.54. The molecule has 0 aliphatic carbocycles. The highest BCUT2D eigenvalue weighted by Gasteiger charge is 2.06. The predicted octanol–water partition coefficient (Wildman–Crippen LogP) is 0.953. The number of carboxylic acids is 1. The fraction of sp³-hybridized carbons (Fsp3) is 0.231. The molecule has 2 rings (SSSR count). The van der Waals surface area contributed by atoms with Gasteiger partial charge in [0.1, 0.15) is 0 Å². The minimum atomic E-state index is -0.895. The van der Waals surface area contributed by atoms with E-state index in [1.165, 1.54) is 16.8 Å². The monoisotopic (exact) mass is 259 g/mol. The second-order valence-corrected chi connectivity index (χ2v) is 4.11. The molecule has 0 fully saturated rings. The maximum absolute atomic E-state index is 11.8. The first-order valence-corrected chi connectivity index (χ1v) is 5.81. The van der Waals surface area contributed by atoms with E-state index in [2.05, 4.69) is 10.1 Å². The quantitative estimate of drug-likeness (QED) is 0.883. The van der Waals surface area contributed by atoms with Crippen LogP contribution in [0.25, 0.3) is 5.82 Å². The number of rotatable bonds is 4. The molecule has 6 heteroatoms. The van der Waals surface area contributed by atoms with Gasteiger partial charge in [0.2, 0.25) is 0 Å². The van der Waals surface area contributed by atoms with E-state index < -0.39 is 5.97 Å². The number of pyridine rings is 1. The largest absolute Gasteiger partial charge is 0.481 e. The minimum Gasteiger partial charge on any atom is -0.481 e. The van der Waals surface area contributed by atoms with Crippen LogP contribution >= 0.6 is 0 Å². The van der Waals surface area contributed by atoms with Crippen molar-refractivity contribution in [1.82, 2.24) is 14.8 Å². The van der Waals surface area contributed by atoms with Crippen molar-refractivity contribution in [2.75, 3.05) is 0 Å². The lowest BCUT2D eigenvalue weighted by molar-refractivity contribution is -0.136. The number of hydrogen-bond donors (Lipinski definition) is 1. The van der Waals surface area contributed by atoms with E-state index in [1.807, 2.05) is 13.0 Å². The molecule has 0 amide bonds. The van der Waals surface area contributed by atoms with Crippen molar-refractivity contribution in [1.29, 1.82) is 0 Å². The van der Waals surface area contributed by atoms with E-state index in [-0.39, 0.29) is 18.4 Å². The summed E-state index contributed by atoms with van der Waals surface area (Å²) in [5.74, 6) is -0.463. The zero-order valence-electron chi connectivity index (χ0n) is 10.4. The first kappa shape index (κ1) is 12.9. The second-order valence-electron chi connectivity index (χ2n) is 4.11. The Morgan fingerprint density at radius 3 is 2.79 bits per heavy atom. The molecule has 19 heavy (non-hydrogen) atoms. The fourth-order valence-electron chi connectivity index (χ4n) is 1.63. The van der Waals surface area contributed by atoms with Gasteiger partial charge in [0.05, 0.1) is 12.1 Å². The molecule has 0 unspecified atom stereocenters. The Bertz CT molecular complexity index is 664. The number of aromatic nitrogens is 3. The van der Waals surface area contributed by atoms with Crippen LogP contribution in [-0.2, 0) is 11.2 Å². The number of aryl methyl sites for hydroxylation is 2. The van der Waals surface area contributed by atoms with E-state index in [9.17, 15) is 9.59 Å². The number of hydrogen-bond acceptors (Lipinski definition) is 4. The molecule has 6 nitrogen and oxygen atoms in total. The Morgan fingerprint density at radius 2 is 2.11 bits per heavy atom. The first-order chi connectivity index (χ1) is 9.06. The average Bonchev–Trinajstić information content (AvgIpc) is 2.37. The summed E-state index contributed by atoms with van der Waals surface area (Å²) >= 11 is 0. The summed E-state index contributed by atoms with van der Waals surface area (Å²) in [4.78, 5) is 26.5. The highest BCUT2D eigenvalue weighted by Crippen LogP contribution is 2.03. The molecule has 2 aromatic rings. The lowest BCUT2D eigenvalue weighted by Gasteiger charge is -2.06. The zero-order valence-corrected chi connectivity index (χ0v) is 10.4. The molecular formula is C13H13N3O3. The molecule has 0 radical (unpaired) electrons. The molecule has 0 spiro atoms. The summed E-state index contributed by atoms with van der Waals surface area (Å²) in [5, 5.41) is 12.8. The van der Waals surface area contributed by atoms with E-state index in [0.29, 0.717) is 11.5 Å². The highest BCUT2D eigenvalue weighted by molar-refractivity contribution is 5.66. The molecule has 98 valence electrons. The van der Waals surface area contributed by atoms with Crippen molar-refractivity contribution >= 4 is 5.97 Å². The summed E-state index contributed by atoms with van der Waals surface area (Å²) in [7, 11) is 0. The van der Waals surface area contributed by atoms with Crippen LogP contribution in [0, 0.1) is 6.92 Å². The topological polar surface area (TPSA) is 85.1 Å². The molecule has 0 bridgehead atoms. The summed E-state index contributed by atoms with van der Waals surface area (Å²) < 4.78 is 1.18. The van der Waals surface area contributed by atoms with Gasteiger partial charge in [0.25, 0.3) is 5.56 Å². The smallest absolute Gasteiger partial charge is 0.303 e. The molecule has 0 atom stereocenters. The Morgan fingerprint density at radius 1 is 1.32 bits per heavy atom. The molecule has 2 aromatic heterocycles. The van der Waals surface area contributed by atoms with Gasteiger partial charge in [-0.1, -0.05) is 6.07 Å². The van der Waals surface area contributed by atoms with Crippen LogP contribution in [0.3, 0.4) is 0 Å². The SMILES string of the molecule is Cc1cccc(-n2nc(CCC(=O)O)ccc2=O)n1. The van der Waals surface area contributed by atoms with Crippen LogP contribution in [0.15, 0.2) is 35.1 Å². The van der Waals surface area contributed by atoms with Crippen LogP contribution in [-0.4, -0.2) is 25.8 Å². The third kappa shape index (κ3) is 3.25. The zero-order chi connectivity index (χ0) is 13.8. The Labute approximate surface area is 109 Å². The van der Waals surface area contributed by atoms with Crippen molar-refractivity contribution < 1.29 is 9.90 Å². The molecule has 2 heterocycles. The van der Waals surface area contributed by atoms with E-state index in [4.69, 9.17) is 5.11 Å². The number of nitrogens with zero attached hydrogens (tertiary/aromatic N) is 3. The summed E-state index contributed by atoms with van der Waals surface area (Å²) in [6.45, 7) is 1.82. The van der Waals surface area contributed by atoms with Crippen molar-refractivity contribution in [2.24, 2.45) is 0 Å². The Kier molecular flexibility index (Phi) is 3.70. The standard InChI is InChI=1S/C13H13N3O3/c1-9-3-2-4-11(14-9)16-12(17)7-5-10(15-16)6-8-13(18)19/h2-5,7H,6,8H2,1H3,(H,18,19). The molecule has 0 aliphatic heterocycles. The van der Waals surface area contributed by atoms with Gasteiger partial charge in [-0.2, -0.15) is 9.78 Å². The van der Waals surface area contributed by atoms with Gasteiger partial charge >= 0.3 is 5.97 Å². The van der Waals surface area contributed by atoms with E-state index in [1.54, 1.807) is 12.1 Å². The maximum atomic E-state index is 11.8. The van der Waals surface area contributed by atoms with Crippen molar-refractivity contribution in [3.63, 3.8) is 0 Å². The first-order valence-electron chi connectivity index (χ1n) is 5.81. The number of carboxylic acid groups (broad SMARTS) is 1. The molecule has 0 aliphatic rings. The van der Waals surface area contributed by atoms with Gasteiger partial charge < -0.3 is 5.11 Å². The second kappa shape index (κ2) is 5.43. The van der Waals surface area contributed by atoms with Gasteiger partial charge in [-0.3, -0.25) is 9.59 Å². The van der Waals surface area contributed by atoms with Gasteiger partial charge in [-0.15, -0.1) is 0 Å². The lowest BCUT2D eigenvalue weighted by Crippen LogP contribution is -2.22. The molecule has 0 saturated heterocycles. The summed E-state index contributed by atoms with van der Waals surface area (Å²) in [6, 6.07) is 8.20. The molecule has 1 N–H and O–H groups in total. The predicted molar refractivity (Wildman–Crippen MR) is 68.3 cm³/mol. The van der Waals surface area contributed by atoms with E-state index in [0.717, 1.165) is 5.69 Å². The number of aliphatic carboxylic acids is 1. The Hall–Kier alpha value is -2.50. The highest BCUT2D eigenvalue weighted by atomic mass is 16.4. The van der Waals surface area contributed by atoms with Gasteiger partial charge in [-0.25, -0.2) is 4.98 Å². The van der Waals surface area contributed by atoms with Crippen LogP contribution in [0.1, 0.15) is 17.8 Å². The number of carbonyl (C=O) groups is 1. The van der Waals surface area contributed by atoms with E-state index >= 15 is 0 Å². The maximum Gasteiger partial charge on any atom is 0.303 e. The van der Waals surface area contributed by atoms with Crippen LogP contribution in [0.5, 0.6) is 0 Å². The summed E-state index contributed by atoms with van der Waals surface area (Å²) in [6.07, 6.45) is 0.258. The average molecular weight is 259 g/mol. The fourth-order valence-corrected chi connectivity index (χ4v) is 1.63. The van der Waals surface area contributed by atoms with Crippen LogP contribution in [0.2, 0.25) is 0 Å². The summed E-state index contributed by atoms with van der Waals surface area (Å²) in [5.41, 5.74) is 1.03. The van der Waals surface area contributed by atoms with Gasteiger partial charge in [-0.05, 0) is 25.1 Å². The normalized spacial score (nSPS) is 10.4. The van der Waals surface area contributed by atoms with Crippen LogP contribution in [0.4, 0.5) is 0 Å². The van der Waals surface area contributed by atoms with Crippen LogP contribution < -0.4 is 5.56 Å². The molecule has 0 aromatic carbocycles. The Balaban J connectivity index is 2.37. The third-order valence-electron chi connectivity index (χ3n) is 2.54.